The average molecular weight is 289 g/mol. The molecule has 1 atom stereocenters. The molecule has 1 aromatic heterocycles. The van der Waals surface area contributed by atoms with E-state index in [1.807, 2.05) is 0 Å². The van der Waals surface area contributed by atoms with Crippen LogP contribution in [-0.4, -0.2) is 33.4 Å². The normalized spacial score (nSPS) is 17.6. The van der Waals surface area contributed by atoms with Crippen LogP contribution >= 0.6 is 0 Å². The summed E-state index contributed by atoms with van der Waals surface area (Å²) in [4.78, 5) is 40.2. The van der Waals surface area contributed by atoms with Crippen molar-refractivity contribution in [2.24, 2.45) is 0 Å². The number of allylic oxidation sites excluding steroid dienone is 2. The molecule has 1 N–H and O–H groups in total. The van der Waals surface area contributed by atoms with Crippen LogP contribution in [0.3, 0.4) is 0 Å². The maximum absolute atomic E-state index is 11.9. The Labute approximate surface area is 119 Å². The van der Waals surface area contributed by atoms with Crippen LogP contribution in [0.1, 0.15) is 18.7 Å². The Morgan fingerprint density at radius 2 is 2.38 bits per heavy atom. The Kier molecular flexibility index (Phi) is 4.10. The summed E-state index contributed by atoms with van der Waals surface area (Å²) in [7, 11) is 0. The zero-order valence-electron chi connectivity index (χ0n) is 11.0. The lowest BCUT2D eigenvalue weighted by Crippen LogP contribution is -2.19. The van der Waals surface area contributed by atoms with Crippen molar-refractivity contribution in [1.29, 1.82) is 0 Å². The fraction of sp³-hybridized carbons (Fsp3) is 0.231. The number of aromatic amines is 1. The van der Waals surface area contributed by atoms with Gasteiger partial charge in [-0.1, -0.05) is 0 Å². The standard InChI is InChI=1S/C13H11N3O5/c1-2-21-13(18)10-6-8(16(19)20)5-9(11(10)7-17)12-14-3-4-15-12/h3-6,9H,2H2,1H3,(H,14,15). The molecule has 0 saturated carbocycles. The topological polar surface area (TPSA) is 115 Å². The number of carbonyl (C=O) groups excluding carboxylic acids is 2. The zero-order valence-corrected chi connectivity index (χ0v) is 11.0. The monoisotopic (exact) mass is 289 g/mol. The fourth-order valence-electron chi connectivity index (χ4n) is 1.97. The summed E-state index contributed by atoms with van der Waals surface area (Å²) in [5, 5.41) is 11.0. The van der Waals surface area contributed by atoms with Gasteiger partial charge in [-0.05, 0) is 6.92 Å². The van der Waals surface area contributed by atoms with Gasteiger partial charge in [0.1, 0.15) is 11.8 Å². The highest BCUT2D eigenvalue weighted by atomic mass is 16.6. The molecule has 1 aliphatic carbocycles. The van der Waals surface area contributed by atoms with E-state index < -0.39 is 16.8 Å². The number of nitrogens with one attached hydrogen (secondary N) is 1. The quantitative estimate of drug-likeness (QED) is 0.381. The molecule has 1 unspecified atom stereocenters. The number of ether oxygens (including phenoxy) is 1. The summed E-state index contributed by atoms with van der Waals surface area (Å²) in [6.45, 7) is 1.69. The average Bonchev–Trinajstić information content (AvgIpc) is 2.99. The van der Waals surface area contributed by atoms with Gasteiger partial charge in [-0.25, -0.2) is 14.6 Å². The second-order valence-corrected chi connectivity index (χ2v) is 4.09. The Morgan fingerprint density at radius 1 is 1.62 bits per heavy atom. The summed E-state index contributed by atoms with van der Waals surface area (Å²) in [5.74, 6) is 0.319. The molecule has 0 amide bonds. The Hall–Kier alpha value is -2.99. The number of aromatic nitrogens is 2. The molecular formula is C13H11N3O5. The molecule has 0 radical (unpaired) electrons. The van der Waals surface area contributed by atoms with Crippen LogP contribution in [0.2, 0.25) is 0 Å². The largest absolute Gasteiger partial charge is 0.462 e. The molecule has 0 bridgehead atoms. The molecule has 21 heavy (non-hydrogen) atoms. The number of imidazole rings is 1. The maximum Gasteiger partial charge on any atom is 0.339 e. The number of esters is 1. The Morgan fingerprint density at radius 3 is 2.90 bits per heavy atom. The van der Waals surface area contributed by atoms with Crippen LogP contribution in [0.4, 0.5) is 0 Å². The minimum atomic E-state index is -0.845. The number of hydrogen-bond acceptors (Lipinski definition) is 6. The van der Waals surface area contributed by atoms with Crippen molar-refractivity contribution in [3.63, 3.8) is 0 Å². The van der Waals surface area contributed by atoms with Gasteiger partial charge in [-0.3, -0.25) is 10.1 Å². The lowest BCUT2D eigenvalue weighted by molar-refractivity contribution is -0.419. The van der Waals surface area contributed by atoms with E-state index in [4.69, 9.17) is 4.74 Å². The van der Waals surface area contributed by atoms with Gasteiger partial charge in [-0.15, -0.1) is 0 Å². The van der Waals surface area contributed by atoms with Crippen LogP contribution < -0.4 is 0 Å². The van der Waals surface area contributed by atoms with E-state index in [-0.39, 0.29) is 23.5 Å². The molecule has 0 saturated heterocycles. The predicted molar refractivity (Wildman–Crippen MR) is 70.3 cm³/mol. The smallest absolute Gasteiger partial charge is 0.339 e. The second kappa shape index (κ2) is 5.98. The molecule has 1 aliphatic rings. The minimum absolute atomic E-state index is 0.0472. The lowest BCUT2D eigenvalue weighted by Gasteiger charge is -2.17. The van der Waals surface area contributed by atoms with E-state index >= 15 is 0 Å². The number of nitrogens with zero attached hydrogens (tertiary/aromatic N) is 2. The SMILES string of the molecule is CCOC(=O)C1=CC([N+](=O)[O-])=CC(c2ncc[nH]2)C1=C=O. The van der Waals surface area contributed by atoms with Crippen molar-refractivity contribution in [2.45, 2.75) is 12.8 Å². The summed E-state index contributed by atoms with van der Waals surface area (Å²) in [5.41, 5.74) is -0.532. The van der Waals surface area contributed by atoms with Crippen molar-refractivity contribution in [2.75, 3.05) is 6.61 Å². The number of rotatable bonds is 4. The summed E-state index contributed by atoms with van der Waals surface area (Å²) >= 11 is 0. The van der Waals surface area contributed by atoms with E-state index in [2.05, 4.69) is 9.97 Å². The molecule has 0 aliphatic heterocycles. The Bertz CT molecular complexity index is 681. The van der Waals surface area contributed by atoms with Crippen LogP contribution in [0.25, 0.3) is 0 Å². The van der Waals surface area contributed by atoms with Gasteiger partial charge in [0.25, 0.3) is 5.70 Å². The third-order valence-electron chi connectivity index (χ3n) is 2.86. The number of hydrogen-bond donors (Lipinski definition) is 1. The first-order chi connectivity index (χ1) is 10.1. The van der Waals surface area contributed by atoms with E-state index in [1.165, 1.54) is 18.5 Å². The summed E-state index contributed by atoms with van der Waals surface area (Å²) in [6.07, 6.45) is 5.21. The highest BCUT2D eigenvalue weighted by Crippen LogP contribution is 2.33. The van der Waals surface area contributed by atoms with Gasteiger partial charge in [0.05, 0.1) is 28.6 Å². The van der Waals surface area contributed by atoms with Gasteiger partial charge in [0.15, 0.2) is 0 Å². The predicted octanol–water partition coefficient (Wildman–Crippen LogP) is 0.915. The van der Waals surface area contributed by atoms with Crippen molar-refractivity contribution in [1.82, 2.24) is 9.97 Å². The Balaban J connectivity index is 2.54. The molecule has 0 fully saturated rings. The number of carbonyl (C=O) groups is 1. The first kappa shape index (κ1) is 14.4. The highest BCUT2D eigenvalue weighted by molar-refractivity contribution is 5.98. The molecule has 8 heteroatoms. The van der Waals surface area contributed by atoms with Crippen molar-refractivity contribution in [3.05, 3.63) is 57.3 Å². The van der Waals surface area contributed by atoms with Gasteiger partial charge >= 0.3 is 5.97 Å². The fourth-order valence-corrected chi connectivity index (χ4v) is 1.97. The lowest BCUT2D eigenvalue weighted by atomic mass is 9.87. The molecule has 1 aromatic rings. The van der Waals surface area contributed by atoms with Crippen molar-refractivity contribution >= 4 is 11.9 Å². The minimum Gasteiger partial charge on any atom is -0.462 e. The van der Waals surface area contributed by atoms with E-state index in [0.29, 0.717) is 5.82 Å². The van der Waals surface area contributed by atoms with E-state index in [1.54, 1.807) is 12.9 Å². The van der Waals surface area contributed by atoms with Crippen molar-refractivity contribution in [3.8, 4) is 0 Å². The first-order valence-electron chi connectivity index (χ1n) is 6.08. The molecular weight excluding hydrogens is 278 g/mol. The van der Waals surface area contributed by atoms with Gasteiger partial charge in [0.2, 0.25) is 0 Å². The highest BCUT2D eigenvalue weighted by Gasteiger charge is 2.33. The van der Waals surface area contributed by atoms with Crippen LogP contribution in [0, 0.1) is 10.1 Å². The van der Waals surface area contributed by atoms with Crippen LogP contribution in [-0.2, 0) is 14.3 Å². The van der Waals surface area contributed by atoms with E-state index in [9.17, 15) is 19.7 Å². The van der Waals surface area contributed by atoms with Crippen LogP contribution in [0.5, 0.6) is 0 Å². The zero-order chi connectivity index (χ0) is 15.4. The molecule has 2 rings (SSSR count). The molecule has 0 spiro atoms. The number of H-pyrrole nitrogens is 1. The van der Waals surface area contributed by atoms with E-state index in [0.717, 1.165) is 6.08 Å². The molecule has 0 aromatic carbocycles. The summed E-state index contributed by atoms with van der Waals surface area (Å²) in [6, 6.07) is 0. The molecule has 108 valence electrons. The first-order valence-corrected chi connectivity index (χ1v) is 6.08. The summed E-state index contributed by atoms with van der Waals surface area (Å²) < 4.78 is 4.82. The number of nitro groups is 1. The van der Waals surface area contributed by atoms with Gasteiger partial charge in [0, 0.05) is 24.5 Å². The van der Waals surface area contributed by atoms with Gasteiger partial charge < -0.3 is 9.72 Å². The maximum atomic E-state index is 11.9. The molecule has 1 heterocycles. The van der Waals surface area contributed by atoms with Gasteiger partial charge in [-0.2, -0.15) is 0 Å². The third kappa shape index (κ3) is 2.80. The van der Waals surface area contributed by atoms with Crippen molar-refractivity contribution < 1.29 is 19.2 Å². The second-order valence-electron chi connectivity index (χ2n) is 4.09. The molecule has 8 nitrogen and oxygen atoms in total. The van der Waals surface area contributed by atoms with Crippen LogP contribution in [0.15, 0.2) is 41.4 Å². The third-order valence-corrected chi connectivity index (χ3v) is 2.86.